The number of rotatable bonds is 38. The van der Waals surface area contributed by atoms with Crippen molar-refractivity contribution in [2.45, 2.75) is 225 Å². The van der Waals surface area contributed by atoms with Crippen LogP contribution in [0.3, 0.4) is 0 Å². The summed E-state index contributed by atoms with van der Waals surface area (Å²) in [4.78, 5) is 24.3. The first-order valence-electron chi connectivity index (χ1n) is 21.1. The van der Waals surface area contributed by atoms with Crippen LogP contribution >= 0.6 is 0 Å². The molecule has 0 aromatic heterocycles. The molecule has 2 unspecified atom stereocenters. The summed E-state index contributed by atoms with van der Waals surface area (Å²) in [6, 6.07) is -0.639. The van der Waals surface area contributed by atoms with Crippen LogP contribution in [0.25, 0.3) is 0 Å². The summed E-state index contributed by atoms with van der Waals surface area (Å²) in [5, 5.41) is 22.8. The molecule has 0 rings (SSSR count). The Kier molecular flexibility index (Phi) is 37.8. The Morgan fingerprint density at radius 2 is 0.959 bits per heavy atom. The molecule has 6 nitrogen and oxygen atoms in total. The number of unbranched alkanes of at least 4 members (excludes halogenated alkanes) is 25. The number of hydrogen-bond donors (Lipinski definition) is 3. The summed E-state index contributed by atoms with van der Waals surface area (Å²) in [7, 11) is 0. The maximum atomic E-state index is 12.3. The van der Waals surface area contributed by atoms with E-state index in [4.69, 9.17) is 4.74 Å². The summed E-state index contributed by atoms with van der Waals surface area (Å²) in [6.07, 6.45) is 43.0. The molecule has 3 N–H and O–H groups in total. The Hall–Kier alpha value is -1.66. The van der Waals surface area contributed by atoms with Gasteiger partial charge in [-0.05, 0) is 57.8 Å². The van der Waals surface area contributed by atoms with Gasteiger partial charge in [-0.15, -0.1) is 0 Å². The van der Waals surface area contributed by atoms with Crippen molar-refractivity contribution < 1.29 is 24.5 Å². The van der Waals surface area contributed by atoms with Crippen molar-refractivity contribution in [1.82, 2.24) is 5.32 Å². The quantitative estimate of drug-likeness (QED) is 0.0340. The summed E-state index contributed by atoms with van der Waals surface area (Å²) in [5.74, 6) is -0.119. The maximum absolute atomic E-state index is 12.3. The summed E-state index contributed by atoms with van der Waals surface area (Å²) in [6.45, 7) is 4.78. The van der Waals surface area contributed by atoms with Gasteiger partial charge in [0.2, 0.25) is 5.91 Å². The van der Waals surface area contributed by atoms with Crippen molar-refractivity contribution in [1.29, 1.82) is 0 Å². The molecule has 0 aliphatic rings. The van der Waals surface area contributed by atoms with Crippen molar-refractivity contribution >= 4 is 11.9 Å². The van der Waals surface area contributed by atoms with Crippen LogP contribution in [-0.4, -0.2) is 47.4 Å². The van der Waals surface area contributed by atoms with Crippen molar-refractivity contribution in [3.05, 3.63) is 24.3 Å². The largest absolute Gasteiger partial charge is 0.466 e. The van der Waals surface area contributed by atoms with Crippen LogP contribution in [0.4, 0.5) is 0 Å². The number of carbonyl (C=O) groups is 2. The van der Waals surface area contributed by atoms with Crippen LogP contribution in [0.15, 0.2) is 24.3 Å². The van der Waals surface area contributed by atoms with E-state index in [0.29, 0.717) is 19.4 Å². The van der Waals surface area contributed by atoms with Gasteiger partial charge in [0, 0.05) is 12.8 Å². The van der Waals surface area contributed by atoms with E-state index in [1.807, 2.05) is 6.08 Å². The first-order valence-corrected chi connectivity index (χ1v) is 21.1. The molecule has 0 heterocycles. The fourth-order valence-corrected chi connectivity index (χ4v) is 6.15. The number of aliphatic hydroxyl groups is 2. The average Bonchev–Trinajstić information content (AvgIpc) is 3.10. The molecule has 0 aliphatic heterocycles. The molecule has 0 fully saturated rings. The lowest BCUT2D eigenvalue weighted by atomic mass is 10.0. The van der Waals surface area contributed by atoms with E-state index in [1.165, 1.54) is 128 Å². The fraction of sp³-hybridized carbons (Fsp3) is 0.860. The number of allylic oxidation sites excluding steroid dienone is 3. The highest BCUT2D eigenvalue weighted by atomic mass is 16.5. The minimum absolute atomic E-state index is 0.0270. The third-order valence-corrected chi connectivity index (χ3v) is 9.47. The predicted molar refractivity (Wildman–Crippen MR) is 209 cm³/mol. The van der Waals surface area contributed by atoms with Gasteiger partial charge >= 0.3 is 5.97 Å². The molecule has 6 heteroatoms. The first-order chi connectivity index (χ1) is 24.0. The van der Waals surface area contributed by atoms with Crippen LogP contribution in [0.2, 0.25) is 0 Å². The third kappa shape index (κ3) is 36.0. The summed E-state index contributed by atoms with van der Waals surface area (Å²) in [5.41, 5.74) is 0. The van der Waals surface area contributed by atoms with Crippen molar-refractivity contribution in [2.24, 2.45) is 0 Å². The zero-order valence-corrected chi connectivity index (χ0v) is 32.4. The number of hydrogen-bond acceptors (Lipinski definition) is 5. The summed E-state index contributed by atoms with van der Waals surface area (Å²) >= 11 is 0. The molecular weight excluding hydrogens is 610 g/mol. The molecule has 1 amide bonds. The van der Waals surface area contributed by atoms with E-state index >= 15 is 0 Å². The number of aliphatic hydroxyl groups excluding tert-OH is 2. The summed E-state index contributed by atoms with van der Waals surface area (Å²) < 4.78 is 5.42. The van der Waals surface area contributed by atoms with E-state index in [1.54, 1.807) is 6.08 Å². The normalized spacial score (nSPS) is 13.0. The van der Waals surface area contributed by atoms with Gasteiger partial charge < -0.3 is 20.3 Å². The molecule has 0 saturated heterocycles. The van der Waals surface area contributed by atoms with Crippen LogP contribution < -0.4 is 5.32 Å². The van der Waals surface area contributed by atoms with Crippen molar-refractivity contribution in [3.8, 4) is 0 Å². The van der Waals surface area contributed by atoms with Gasteiger partial charge in [-0.2, -0.15) is 0 Å². The fourth-order valence-electron chi connectivity index (χ4n) is 6.15. The van der Waals surface area contributed by atoms with E-state index in [2.05, 4.69) is 31.3 Å². The van der Waals surface area contributed by atoms with Gasteiger partial charge in [0.05, 0.1) is 25.4 Å². The molecule has 0 saturated carbocycles. The van der Waals surface area contributed by atoms with Gasteiger partial charge in [0.25, 0.3) is 0 Å². The van der Waals surface area contributed by atoms with Crippen LogP contribution in [0.5, 0.6) is 0 Å². The Morgan fingerprint density at radius 1 is 0.551 bits per heavy atom. The molecule has 2 atom stereocenters. The molecule has 0 bridgehead atoms. The first kappa shape index (κ1) is 47.3. The minimum atomic E-state index is -0.853. The number of nitrogens with one attached hydrogen (secondary N) is 1. The molecule has 0 spiro atoms. The van der Waals surface area contributed by atoms with Crippen molar-refractivity contribution in [2.75, 3.05) is 13.2 Å². The third-order valence-electron chi connectivity index (χ3n) is 9.47. The standard InChI is InChI=1S/C43H81NO5/c1-3-5-7-9-11-13-14-17-21-25-29-33-37-43(48)49-38-34-30-26-22-18-15-16-20-24-28-32-36-42(47)44-40(39-45)41(46)35-31-27-23-19-12-10-8-6-4-2/h11,13,31,35,40-41,45-46H,3-10,12,14-30,32-34,36-39H2,1-2H3,(H,44,47)/b13-11-,35-31+. The Balaban J connectivity index is 3.51. The van der Waals surface area contributed by atoms with E-state index in [-0.39, 0.29) is 18.5 Å². The molecule has 49 heavy (non-hydrogen) atoms. The Labute approximate surface area is 303 Å². The zero-order chi connectivity index (χ0) is 35.9. The monoisotopic (exact) mass is 692 g/mol. The van der Waals surface area contributed by atoms with Gasteiger partial charge in [-0.25, -0.2) is 0 Å². The highest BCUT2D eigenvalue weighted by molar-refractivity contribution is 5.76. The smallest absolute Gasteiger partial charge is 0.305 e. The lowest BCUT2D eigenvalue weighted by Crippen LogP contribution is -2.45. The lowest BCUT2D eigenvalue weighted by molar-refractivity contribution is -0.143. The number of ether oxygens (including phenoxy) is 1. The zero-order valence-electron chi connectivity index (χ0n) is 32.4. The highest BCUT2D eigenvalue weighted by Crippen LogP contribution is 2.14. The van der Waals surface area contributed by atoms with Crippen LogP contribution in [0, 0.1) is 0 Å². The van der Waals surface area contributed by atoms with Crippen molar-refractivity contribution in [3.63, 3.8) is 0 Å². The van der Waals surface area contributed by atoms with E-state index in [9.17, 15) is 19.8 Å². The van der Waals surface area contributed by atoms with Gasteiger partial charge in [0.15, 0.2) is 0 Å². The maximum Gasteiger partial charge on any atom is 0.305 e. The molecule has 0 aromatic carbocycles. The molecule has 288 valence electrons. The highest BCUT2D eigenvalue weighted by Gasteiger charge is 2.18. The van der Waals surface area contributed by atoms with Gasteiger partial charge in [-0.1, -0.05) is 167 Å². The number of amides is 1. The number of esters is 1. The molecular formula is C43H81NO5. The molecule has 0 aromatic rings. The predicted octanol–water partition coefficient (Wildman–Crippen LogP) is 11.6. The van der Waals surface area contributed by atoms with E-state index in [0.717, 1.165) is 57.8 Å². The van der Waals surface area contributed by atoms with Gasteiger partial charge in [-0.3, -0.25) is 9.59 Å². The van der Waals surface area contributed by atoms with Gasteiger partial charge in [0.1, 0.15) is 0 Å². The number of carbonyl (C=O) groups excluding carboxylic acids is 2. The minimum Gasteiger partial charge on any atom is -0.466 e. The Bertz CT molecular complexity index is 767. The second-order valence-electron chi connectivity index (χ2n) is 14.3. The Morgan fingerprint density at radius 3 is 1.49 bits per heavy atom. The topological polar surface area (TPSA) is 95.9 Å². The van der Waals surface area contributed by atoms with Crippen LogP contribution in [-0.2, 0) is 14.3 Å². The average molecular weight is 692 g/mol. The lowest BCUT2D eigenvalue weighted by Gasteiger charge is -2.20. The molecule has 0 aliphatic carbocycles. The SMILES string of the molecule is CCCCC/C=C\CCCCCCCC(=O)OCCCCCCCCCCCCCC(=O)NC(CO)C(O)/C=C/CCCCCCCCC. The second-order valence-corrected chi connectivity index (χ2v) is 14.3. The van der Waals surface area contributed by atoms with E-state index < -0.39 is 12.1 Å². The second kappa shape index (κ2) is 39.1. The molecule has 0 radical (unpaired) electrons. The van der Waals surface area contributed by atoms with Crippen LogP contribution in [0.1, 0.15) is 213 Å².